The highest BCUT2D eigenvalue weighted by Gasteiger charge is 2.09. The molecule has 96 valence electrons. The molecule has 0 radical (unpaired) electrons. The Bertz CT molecular complexity index is 803. The van der Waals surface area contributed by atoms with Gasteiger partial charge >= 0.3 is 0 Å². The summed E-state index contributed by atoms with van der Waals surface area (Å²) in [6.07, 6.45) is 3.37. The Balaban J connectivity index is 2.02. The minimum absolute atomic E-state index is 0.380. The molecule has 0 amide bonds. The minimum atomic E-state index is 0.380. The molecule has 3 aromatic rings. The van der Waals surface area contributed by atoms with Gasteiger partial charge in [-0.25, -0.2) is 9.67 Å². The average Bonchev–Trinajstić information content (AvgIpc) is 2.97. The molecule has 1 aromatic carbocycles. The van der Waals surface area contributed by atoms with Crippen LogP contribution in [0.1, 0.15) is 5.56 Å². The molecule has 3 rings (SSSR count). The van der Waals surface area contributed by atoms with Crippen LogP contribution in [0.4, 0.5) is 0 Å². The second kappa shape index (κ2) is 5.11. The van der Waals surface area contributed by atoms with Gasteiger partial charge in [0.1, 0.15) is 10.8 Å². The van der Waals surface area contributed by atoms with Gasteiger partial charge in [0.25, 0.3) is 0 Å². The van der Waals surface area contributed by atoms with E-state index in [0.717, 1.165) is 11.3 Å². The summed E-state index contributed by atoms with van der Waals surface area (Å²) in [6, 6.07) is 12.8. The zero-order valence-electron chi connectivity index (χ0n) is 10.2. The van der Waals surface area contributed by atoms with Gasteiger partial charge in [0.15, 0.2) is 0 Å². The second-order valence-corrected chi connectivity index (χ2v) is 4.41. The van der Waals surface area contributed by atoms with Crippen molar-refractivity contribution in [2.24, 2.45) is 0 Å². The molecule has 0 fully saturated rings. The van der Waals surface area contributed by atoms with E-state index in [0.29, 0.717) is 16.4 Å². The van der Waals surface area contributed by atoms with E-state index in [1.54, 1.807) is 41.3 Å². The SMILES string of the molecule is N#Cc1cccc(-n2cc(-c3cccnc3Cl)nn2)c1. The lowest BCUT2D eigenvalue weighted by atomic mass is 10.2. The van der Waals surface area contributed by atoms with Crippen LogP contribution in [0.2, 0.25) is 5.15 Å². The third kappa shape index (κ3) is 2.25. The Labute approximate surface area is 120 Å². The van der Waals surface area contributed by atoms with Crippen LogP contribution in [0.15, 0.2) is 48.8 Å². The Morgan fingerprint density at radius 2 is 2.10 bits per heavy atom. The van der Waals surface area contributed by atoms with Crippen LogP contribution >= 0.6 is 11.6 Å². The van der Waals surface area contributed by atoms with Crippen molar-refractivity contribution in [1.82, 2.24) is 20.0 Å². The number of hydrogen-bond donors (Lipinski definition) is 0. The van der Waals surface area contributed by atoms with Crippen molar-refractivity contribution in [3.05, 3.63) is 59.5 Å². The fraction of sp³-hybridized carbons (Fsp3) is 0. The summed E-state index contributed by atoms with van der Waals surface area (Å²) in [5.41, 5.74) is 2.68. The van der Waals surface area contributed by atoms with Gasteiger partial charge in [-0.3, -0.25) is 0 Å². The predicted octanol–water partition coefficient (Wildman–Crippen LogP) is 2.85. The van der Waals surface area contributed by atoms with Crippen molar-refractivity contribution in [2.45, 2.75) is 0 Å². The quantitative estimate of drug-likeness (QED) is 0.677. The lowest BCUT2D eigenvalue weighted by molar-refractivity contribution is 0.803. The van der Waals surface area contributed by atoms with Crippen LogP contribution in [0, 0.1) is 11.3 Å². The van der Waals surface area contributed by atoms with E-state index in [4.69, 9.17) is 16.9 Å². The van der Waals surface area contributed by atoms with Crippen LogP contribution < -0.4 is 0 Å². The highest BCUT2D eigenvalue weighted by atomic mass is 35.5. The topological polar surface area (TPSA) is 67.4 Å². The van der Waals surface area contributed by atoms with Crippen molar-refractivity contribution in [3.8, 4) is 23.0 Å². The van der Waals surface area contributed by atoms with Crippen LogP contribution in [-0.2, 0) is 0 Å². The molecular weight excluding hydrogens is 274 g/mol. The Morgan fingerprint density at radius 1 is 1.20 bits per heavy atom. The molecule has 2 heterocycles. The molecule has 2 aromatic heterocycles. The van der Waals surface area contributed by atoms with Gasteiger partial charge in [-0.1, -0.05) is 22.9 Å². The summed E-state index contributed by atoms with van der Waals surface area (Å²) < 4.78 is 1.60. The van der Waals surface area contributed by atoms with Crippen molar-refractivity contribution >= 4 is 11.6 Å². The number of nitriles is 1. The first-order chi connectivity index (χ1) is 9.78. The maximum absolute atomic E-state index is 8.91. The van der Waals surface area contributed by atoms with E-state index in [1.165, 1.54) is 0 Å². The van der Waals surface area contributed by atoms with Crippen LogP contribution in [0.25, 0.3) is 16.9 Å². The third-order valence-corrected chi connectivity index (χ3v) is 3.07. The fourth-order valence-corrected chi connectivity index (χ4v) is 2.02. The number of halogens is 1. The number of nitrogens with zero attached hydrogens (tertiary/aromatic N) is 5. The molecule has 6 heteroatoms. The van der Waals surface area contributed by atoms with E-state index < -0.39 is 0 Å². The molecule has 0 N–H and O–H groups in total. The largest absolute Gasteiger partial charge is 0.244 e. The molecule has 0 bridgehead atoms. The monoisotopic (exact) mass is 281 g/mol. The van der Waals surface area contributed by atoms with Crippen molar-refractivity contribution in [2.75, 3.05) is 0 Å². The molecule has 0 unspecified atom stereocenters. The third-order valence-electron chi connectivity index (χ3n) is 2.77. The average molecular weight is 282 g/mol. The Hall–Kier alpha value is -2.71. The molecule has 0 atom stereocenters. The Morgan fingerprint density at radius 3 is 2.90 bits per heavy atom. The van der Waals surface area contributed by atoms with Crippen LogP contribution in [0.3, 0.4) is 0 Å². The maximum Gasteiger partial charge on any atom is 0.138 e. The van der Waals surface area contributed by atoms with Crippen molar-refractivity contribution in [3.63, 3.8) is 0 Å². The maximum atomic E-state index is 8.91. The van der Waals surface area contributed by atoms with Gasteiger partial charge in [0.2, 0.25) is 0 Å². The minimum Gasteiger partial charge on any atom is -0.244 e. The normalized spacial score (nSPS) is 10.2. The lowest BCUT2D eigenvalue weighted by Crippen LogP contribution is -1.94. The van der Waals surface area contributed by atoms with Gasteiger partial charge < -0.3 is 0 Å². The number of benzene rings is 1. The van der Waals surface area contributed by atoms with Crippen LogP contribution in [0.5, 0.6) is 0 Å². The highest BCUT2D eigenvalue weighted by Crippen LogP contribution is 2.24. The molecule has 0 aliphatic heterocycles. The van der Waals surface area contributed by atoms with E-state index in [2.05, 4.69) is 21.4 Å². The molecule has 20 heavy (non-hydrogen) atoms. The first kappa shape index (κ1) is 12.3. The number of hydrogen-bond acceptors (Lipinski definition) is 4. The lowest BCUT2D eigenvalue weighted by Gasteiger charge is -1.99. The van der Waals surface area contributed by atoms with Gasteiger partial charge in [-0.2, -0.15) is 5.26 Å². The summed E-state index contributed by atoms with van der Waals surface area (Å²) >= 11 is 6.03. The molecule has 5 nitrogen and oxygen atoms in total. The van der Waals surface area contributed by atoms with Gasteiger partial charge in [0, 0.05) is 11.8 Å². The molecular formula is C14H8ClN5. The zero-order chi connectivity index (χ0) is 13.9. The molecule has 0 saturated heterocycles. The van der Waals surface area contributed by atoms with E-state index >= 15 is 0 Å². The summed E-state index contributed by atoms with van der Waals surface area (Å²) in [4.78, 5) is 4.01. The van der Waals surface area contributed by atoms with E-state index in [1.807, 2.05) is 12.1 Å². The van der Waals surface area contributed by atoms with Crippen LogP contribution in [-0.4, -0.2) is 20.0 Å². The number of aromatic nitrogens is 4. The summed E-state index contributed by atoms with van der Waals surface area (Å²) in [6.45, 7) is 0. The van der Waals surface area contributed by atoms with E-state index in [9.17, 15) is 0 Å². The van der Waals surface area contributed by atoms with Gasteiger partial charge in [0.05, 0.1) is 23.5 Å². The fourth-order valence-electron chi connectivity index (χ4n) is 1.81. The summed E-state index contributed by atoms with van der Waals surface area (Å²) in [5.74, 6) is 0. The van der Waals surface area contributed by atoms with Gasteiger partial charge in [-0.05, 0) is 30.3 Å². The summed E-state index contributed by atoms with van der Waals surface area (Å²) in [7, 11) is 0. The van der Waals surface area contributed by atoms with Crippen molar-refractivity contribution in [1.29, 1.82) is 5.26 Å². The smallest absolute Gasteiger partial charge is 0.138 e. The first-order valence-corrected chi connectivity index (χ1v) is 6.19. The highest BCUT2D eigenvalue weighted by molar-refractivity contribution is 6.31. The molecule has 0 spiro atoms. The predicted molar refractivity (Wildman–Crippen MR) is 74.3 cm³/mol. The first-order valence-electron chi connectivity index (χ1n) is 5.82. The molecule has 0 aliphatic rings. The van der Waals surface area contributed by atoms with Gasteiger partial charge in [-0.15, -0.1) is 5.10 Å². The molecule has 0 saturated carbocycles. The van der Waals surface area contributed by atoms with E-state index in [-0.39, 0.29) is 0 Å². The zero-order valence-corrected chi connectivity index (χ0v) is 11.0. The Kier molecular flexibility index (Phi) is 3.15. The summed E-state index contributed by atoms with van der Waals surface area (Å²) in [5, 5.41) is 17.4. The number of pyridine rings is 1. The number of rotatable bonds is 2. The second-order valence-electron chi connectivity index (χ2n) is 4.05. The standard InChI is InChI=1S/C14H8ClN5/c15-14-12(5-2-6-17-14)13-9-20(19-18-13)11-4-1-3-10(7-11)8-16/h1-7,9H. The van der Waals surface area contributed by atoms with Crippen molar-refractivity contribution < 1.29 is 0 Å². The molecule has 0 aliphatic carbocycles.